The molecule has 1 amide bonds. The minimum absolute atomic E-state index is 0.00202. The number of piperazine rings is 1. The van der Waals surface area contributed by atoms with Crippen LogP contribution >= 0.6 is 0 Å². The van der Waals surface area contributed by atoms with Crippen LogP contribution in [0.25, 0.3) is 11.0 Å². The number of amides is 1. The van der Waals surface area contributed by atoms with Crippen molar-refractivity contribution in [3.8, 4) is 11.5 Å². The van der Waals surface area contributed by atoms with E-state index in [1.807, 2.05) is 25.1 Å². The molecular formula is C23H25N3O5. The fourth-order valence-electron chi connectivity index (χ4n) is 3.91. The molecule has 1 saturated heterocycles. The third-order valence-corrected chi connectivity index (χ3v) is 5.73. The largest absolute Gasteiger partial charge is 0.493 e. The zero-order valence-electron chi connectivity index (χ0n) is 17.9. The second kappa shape index (κ2) is 8.67. The molecule has 0 aliphatic carbocycles. The summed E-state index contributed by atoms with van der Waals surface area (Å²) in [6, 6.07) is 9.19. The van der Waals surface area contributed by atoms with Crippen LogP contribution in [-0.2, 0) is 11.2 Å². The SMILES string of the molecule is COc1cc2oc(=O)c(CC(=O)N3CCN(c4ccccn4)CC3)c(C)c2cc1OC. The number of nitrogens with zero attached hydrogens (tertiary/aromatic N) is 3. The summed E-state index contributed by atoms with van der Waals surface area (Å²) in [6.07, 6.45) is 1.77. The van der Waals surface area contributed by atoms with Crippen LogP contribution in [0.2, 0.25) is 0 Å². The lowest BCUT2D eigenvalue weighted by Crippen LogP contribution is -2.49. The molecule has 3 aromatic rings. The fourth-order valence-corrected chi connectivity index (χ4v) is 3.91. The highest BCUT2D eigenvalue weighted by Gasteiger charge is 2.24. The van der Waals surface area contributed by atoms with Gasteiger partial charge in [0.15, 0.2) is 11.5 Å². The van der Waals surface area contributed by atoms with E-state index < -0.39 is 5.63 Å². The zero-order valence-corrected chi connectivity index (χ0v) is 17.9. The molecule has 2 aromatic heterocycles. The highest BCUT2D eigenvalue weighted by molar-refractivity contribution is 5.87. The molecule has 1 fully saturated rings. The first kappa shape index (κ1) is 20.7. The molecule has 4 rings (SSSR count). The summed E-state index contributed by atoms with van der Waals surface area (Å²) in [5.41, 5.74) is 0.988. The maximum atomic E-state index is 12.9. The summed E-state index contributed by atoms with van der Waals surface area (Å²) in [7, 11) is 3.07. The molecular weight excluding hydrogens is 398 g/mol. The van der Waals surface area contributed by atoms with Crippen molar-refractivity contribution in [2.24, 2.45) is 0 Å². The first-order valence-electron chi connectivity index (χ1n) is 10.1. The van der Waals surface area contributed by atoms with E-state index >= 15 is 0 Å². The topological polar surface area (TPSA) is 85.1 Å². The molecule has 8 heteroatoms. The molecule has 0 saturated carbocycles. The first-order valence-corrected chi connectivity index (χ1v) is 10.1. The Morgan fingerprint density at radius 1 is 1.10 bits per heavy atom. The van der Waals surface area contributed by atoms with Crippen molar-refractivity contribution in [3.63, 3.8) is 0 Å². The van der Waals surface area contributed by atoms with Gasteiger partial charge in [0.25, 0.3) is 0 Å². The van der Waals surface area contributed by atoms with Crippen molar-refractivity contribution in [2.45, 2.75) is 13.3 Å². The maximum absolute atomic E-state index is 12.9. The number of anilines is 1. The summed E-state index contributed by atoms with van der Waals surface area (Å²) < 4.78 is 16.1. The Kier molecular flexibility index (Phi) is 5.79. The second-order valence-corrected chi connectivity index (χ2v) is 7.43. The number of ether oxygens (including phenoxy) is 2. The number of aryl methyl sites for hydroxylation is 1. The van der Waals surface area contributed by atoms with Crippen LogP contribution < -0.4 is 20.0 Å². The van der Waals surface area contributed by atoms with Gasteiger partial charge in [-0.05, 0) is 30.7 Å². The maximum Gasteiger partial charge on any atom is 0.340 e. The van der Waals surface area contributed by atoms with Crippen molar-refractivity contribution in [1.82, 2.24) is 9.88 Å². The predicted molar refractivity (Wildman–Crippen MR) is 117 cm³/mol. The highest BCUT2D eigenvalue weighted by Crippen LogP contribution is 2.33. The van der Waals surface area contributed by atoms with Gasteiger partial charge in [0.2, 0.25) is 5.91 Å². The number of carbonyl (C=O) groups excluding carboxylic acids is 1. The number of rotatable bonds is 5. The Morgan fingerprint density at radius 2 is 1.81 bits per heavy atom. The van der Waals surface area contributed by atoms with E-state index in [4.69, 9.17) is 13.9 Å². The number of fused-ring (bicyclic) bond motifs is 1. The normalized spacial score (nSPS) is 14.0. The summed E-state index contributed by atoms with van der Waals surface area (Å²) in [5.74, 6) is 1.84. The van der Waals surface area contributed by atoms with E-state index in [1.54, 1.807) is 30.3 Å². The van der Waals surface area contributed by atoms with Crippen molar-refractivity contribution >= 4 is 22.7 Å². The van der Waals surface area contributed by atoms with Crippen LogP contribution in [0.3, 0.4) is 0 Å². The summed E-state index contributed by atoms with van der Waals surface area (Å²) in [6.45, 7) is 4.39. The number of benzene rings is 1. The number of hydrogen-bond donors (Lipinski definition) is 0. The van der Waals surface area contributed by atoms with E-state index in [-0.39, 0.29) is 12.3 Å². The number of carbonyl (C=O) groups is 1. The number of hydrogen-bond acceptors (Lipinski definition) is 7. The molecule has 1 aliphatic rings. The number of aromatic nitrogens is 1. The van der Waals surface area contributed by atoms with E-state index in [2.05, 4.69) is 9.88 Å². The molecule has 1 aromatic carbocycles. The summed E-state index contributed by atoms with van der Waals surface area (Å²) in [5, 5.41) is 0.722. The molecule has 0 bridgehead atoms. The van der Waals surface area contributed by atoms with Crippen LogP contribution in [-0.4, -0.2) is 56.2 Å². The lowest BCUT2D eigenvalue weighted by Gasteiger charge is -2.35. The fraction of sp³-hybridized carbons (Fsp3) is 0.348. The minimum atomic E-state index is -0.502. The van der Waals surface area contributed by atoms with Gasteiger partial charge in [0.05, 0.1) is 26.2 Å². The lowest BCUT2D eigenvalue weighted by molar-refractivity contribution is -0.130. The molecule has 0 N–H and O–H groups in total. The molecule has 8 nitrogen and oxygen atoms in total. The van der Waals surface area contributed by atoms with Crippen LogP contribution in [0.4, 0.5) is 5.82 Å². The van der Waals surface area contributed by atoms with Crippen molar-refractivity contribution < 1.29 is 18.7 Å². The lowest BCUT2D eigenvalue weighted by atomic mass is 10.0. The van der Waals surface area contributed by atoms with Crippen molar-refractivity contribution in [3.05, 3.63) is 58.1 Å². The van der Waals surface area contributed by atoms with E-state index in [0.29, 0.717) is 54.4 Å². The Bertz CT molecular complexity index is 1150. The standard InChI is InChI=1S/C23H25N3O5/c1-15-16-12-19(29-2)20(30-3)14-18(16)31-23(28)17(15)13-22(27)26-10-8-25(9-11-26)21-6-4-5-7-24-21/h4-7,12,14H,8-11,13H2,1-3H3. The molecule has 0 atom stereocenters. The molecule has 0 spiro atoms. The van der Waals surface area contributed by atoms with E-state index in [1.165, 1.54) is 7.11 Å². The second-order valence-electron chi connectivity index (χ2n) is 7.43. The monoisotopic (exact) mass is 423 g/mol. The average molecular weight is 423 g/mol. The Labute approximate surface area is 180 Å². The van der Waals surface area contributed by atoms with Gasteiger partial charge in [-0.1, -0.05) is 6.07 Å². The quantitative estimate of drug-likeness (QED) is 0.583. The zero-order chi connectivity index (χ0) is 22.0. The minimum Gasteiger partial charge on any atom is -0.493 e. The van der Waals surface area contributed by atoms with Gasteiger partial charge in [-0.3, -0.25) is 4.79 Å². The summed E-state index contributed by atoms with van der Waals surface area (Å²) in [4.78, 5) is 33.9. The van der Waals surface area contributed by atoms with Crippen LogP contribution in [0.1, 0.15) is 11.1 Å². The molecule has 162 valence electrons. The van der Waals surface area contributed by atoms with Crippen LogP contribution in [0.15, 0.2) is 45.7 Å². The third-order valence-electron chi connectivity index (χ3n) is 5.73. The van der Waals surface area contributed by atoms with Gasteiger partial charge < -0.3 is 23.7 Å². The van der Waals surface area contributed by atoms with Crippen LogP contribution in [0.5, 0.6) is 11.5 Å². The van der Waals surface area contributed by atoms with E-state index in [9.17, 15) is 9.59 Å². The highest BCUT2D eigenvalue weighted by atomic mass is 16.5. The van der Waals surface area contributed by atoms with E-state index in [0.717, 1.165) is 11.2 Å². The molecule has 1 aliphatic heterocycles. The van der Waals surface area contributed by atoms with Gasteiger partial charge in [-0.2, -0.15) is 0 Å². The Hall–Kier alpha value is -3.55. The van der Waals surface area contributed by atoms with Gasteiger partial charge in [0, 0.05) is 43.8 Å². The van der Waals surface area contributed by atoms with Crippen molar-refractivity contribution in [1.29, 1.82) is 0 Å². The van der Waals surface area contributed by atoms with Crippen molar-refractivity contribution in [2.75, 3.05) is 45.3 Å². The van der Waals surface area contributed by atoms with Crippen LogP contribution in [0, 0.1) is 6.92 Å². The van der Waals surface area contributed by atoms with Gasteiger partial charge >= 0.3 is 5.63 Å². The molecule has 3 heterocycles. The predicted octanol–water partition coefficient (Wildman–Crippen LogP) is 2.40. The Morgan fingerprint density at radius 3 is 2.45 bits per heavy atom. The smallest absolute Gasteiger partial charge is 0.340 e. The molecule has 0 unspecified atom stereocenters. The molecule has 0 radical (unpaired) electrons. The van der Waals surface area contributed by atoms with Gasteiger partial charge in [-0.25, -0.2) is 9.78 Å². The Balaban J connectivity index is 1.53. The first-order chi connectivity index (χ1) is 15.0. The van der Waals surface area contributed by atoms with Gasteiger partial charge in [-0.15, -0.1) is 0 Å². The molecule has 31 heavy (non-hydrogen) atoms. The number of pyridine rings is 1. The van der Waals surface area contributed by atoms with Gasteiger partial charge in [0.1, 0.15) is 11.4 Å². The summed E-state index contributed by atoms with van der Waals surface area (Å²) >= 11 is 0. The number of methoxy groups -OCH3 is 2. The average Bonchev–Trinajstić information content (AvgIpc) is 2.81. The third kappa shape index (κ3) is 4.05.